The molecule has 7 heteroatoms. The van der Waals surface area contributed by atoms with Crippen LogP contribution in [-0.4, -0.2) is 11.5 Å². The van der Waals surface area contributed by atoms with Gasteiger partial charge in [0.15, 0.2) is 0 Å². The Labute approximate surface area is 124 Å². The maximum absolute atomic E-state index is 12.6. The van der Waals surface area contributed by atoms with Crippen LogP contribution in [0.15, 0.2) is 48.5 Å². The number of nitro benzene ring substituents is 1. The number of alkyl halides is 3. The summed E-state index contributed by atoms with van der Waals surface area (Å²) in [4.78, 5) is 9.98. The quantitative estimate of drug-likeness (QED) is 0.613. The Balaban J connectivity index is 1.92. The average Bonchev–Trinajstić information content (AvgIpc) is 2.47. The molecule has 0 aliphatic carbocycles. The SMILES string of the molecule is O=[N+]([O-])c1ccc(OCCc2cccc(C(F)(F)F)c2)cc1. The maximum atomic E-state index is 12.6. The number of hydrogen-bond donors (Lipinski definition) is 0. The van der Waals surface area contributed by atoms with E-state index in [0.29, 0.717) is 17.7 Å². The van der Waals surface area contributed by atoms with Gasteiger partial charge in [0.25, 0.3) is 5.69 Å². The molecule has 0 unspecified atom stereocenters. The van der Waals surface area contributed by atoms with Crippen LogP contribution in [0.2, 0.25) is 0 Å². The Kier molecular flexibility index (Phi) is 4.65. The van der Waals surface area contributed by atoms with Crippen molar-refractivity contribution in [3.63, 3.8) is 0 Å². The van der Waals surface area contributed by atoms with E-state index in [-0.39, 0.29) is 12.3 Å². The summed E-state index contributed by atoms with van der Waals surface area (Å²) in [6.07, 6.45) is -4.06. The van der Waals surface area contributed by atoms with Crippen molar-refractivity contribution in [2.45, 2.75) is 12.6 Å². The van der Waals surface area contributed by atoms with Crippen molar-refractivity contribution >= 4 is 5.69 Å². The summed E-state index contributed by atoms with van der Waals surface area (Å²) in [7, 11) is 0. The lowest BCUT2D eigenvalue weighted by atomic mass is 10.1. The average molecular weight is 311 g/mol. The van der Waals surface area contributed by atoms with Gasteiger partial charge in [-0.1, -0.05) is 18.2 Å². The largest absolute Gasteiger partial charge is 0.493 e. The second-order valence-corrected chi connectivity index (χ2v) is 4.55. The van der Waals surface area contributed by atoms with Crippen LogP contribution in [0.3, 0.4) is 0 Å². The molecule has 4 nitrogen and oxygen atoms in total. The van der Waals surface area contributed by atoms with E-state index in [1.54, 1.807) is 6.07 Å². The second kappa shape index (κ2) is 6.46. The fraction of sp³-hybridized carbons (Fsp3) is 0.200. The molecule has 0 saturated heterocycles. The zero-order valence-electron chi connectivity index (χ0n) is 11.3. The zero-order valence-corrected chi connectivity index (χ0v) is 11.3. The molecule has 0 aliphatic rings. The summed E-state index contributed by atoms with van der Waals surface area (Å²) in [6.45, 7) is 0.180. The van der Waals surface area contributed by atoms with E-state index >= 15 is 0 Å². The number of non-ortho nitro benzene ring substituents is 1. The van der Waals surface area contributed by atoms with E-state index in [1.807, 2.05) is 0 Å². The van der Waals surface area contributed by atoms with Crippen molar-refractivity contribution in [2.24, 2.45) is 0 Å². The zero-order chi connectivity index (χ0) is 16.2. The minimum absolute atomic E-state index is 0.0507. The molecule has 22 heavy (non-hydrogen) atoms. The molecule has 0 amide bonds. The number of nitrogens with zero attached hydrogens (tertiary/aromatic N) is 1. The highest BCUT2D eigenvalue weighted by Crippen LogP contribution is 2.29. The van der Waals surface area contributed by atoms with Crippen LogP contribution >= 0.6 is 0 Å². The fourth-order valence-electron chi connectivity index (χ4n) is 1.85. The number of hydrogen-bond acceptors (Lipinski definition) is 3. The molecule has 0 heterocycles. The smallest absolute Gasteiger partial charge is 0.416 e. The Hall–Kier alpha value is -2.57. The number of ether oxygens (including phenoxy) is 1. The molecule has 0 bridgehead atoms. The maximum Gasteiger partial charge on any atom is 0.416 e. The molecule has 116 valence electrons. The topological polar surface area (TPSA) is 52.4 Å². The van der Waals surface area contributed by atoms with Crippen LogP contribution in [0, 0.1) is 10.1 Å². The van der Waals surface area contributed by atoms with E-state index < -0.39 is 16.7 Å². The van der Waals surface area contributed by atoms with Crippen molar-refractivity contribution in [1.82, 2.24) is 0 Å². The highest BCUT2D eigenvalue weighted by atomic mass is 19.4. The van der Waals surface area contributed by atoms with Gasteiger partial charge < -0.3 is 4.74 Å². The Morgan fingerprint density at radius 1 is 1.09 bits per heavy atom. The molecular formula is C15H12F3NO3. The number of rotatable bonds is 5. The van der Waals surface area contributed by atoms with Gasteiger partial charge in [-0.15, -0.1) is 0 Å². The van der Waals surface area contributed by atoms with Gasteiger partial charge in [0, 0.05) is 18.6 Å². The second-order valence-electron chi connectivity index (χ2n) is 4.55. The number of nitro groups is 1. The Bertz CT molecular complexity index is 654. The lowest BCUT2D eigenvalue weighted by Crippen LogP contribution is -2.07. The normalized spacial score (nSPS) is 11.2. The van der Waals surface area contributed by atoms with E-state index in [4.69, 9.17) is 4.74 Å². The van der Waals surface area contributed by atoms with Gasteiger partial charge in [0.05, 0.1) is 17.1 Å². The van der Waals surface area contributed by atoms with Gasteiger partial charge in [0.2, 0.25) is 0 Å². The van der Waals surface area contributed by atoms with Gasteiger partial charge >= 0.3 is 6.18 Å². The van der Waals surface area contributed by atoms with E-state index in [2.05, 4.69) is 0 Å². The molecule has 0 spiro atoms. The molecule has 0 aromatic heterocycles. The molecule has 0 saturated carbocycles. The molecule has 0 atom stereocenters. The monoisotopic (exact) mass is 311 g/mol. The van der Waals surface area contributed by atoms with Crippen LogP contribution in [0.1, 0.15) is 11.1 Å². The Morgan fingerprint density at radius 3 is 2.36 bits per heavy atom. The van der Waals surface area contributed by atoms with Crippen molar-refractivity contribution in [1.29, 1.82) is 0 Å². The highest BCUT2D eigenvalue weighted by molar-refractivity contribution is 5.36. The molecule has 2 rings (SSSR count). The summed E-state index contributed by atoms with van der Waals surface area (Å²) in [5, 5.41) is 10.5. The van der Waals surface area contributed by atoms with Crippen LogP contribution in [0.4, 0.5) is 18.9 Å². The lowest BCUT2D eigenvalue weighted by molar-refractivity contribution is -0.384. The van der Waals surface area contributed by atoms with E-state index in [1.165, 1.54) is 30.3 Å². The van der Waals surface area contributed by atoms with Crippen LogP contribution in [0.25, 0.3) is 0 Å². The van der Waals surface area contributed by atoms with E-state index in [0.717, 1.165) is 12.1 Å². The summed E-state index contributed by atoms with van der Waals surface area (Å²) in [5.41, 5.74) is -0.234. The first-order chi connectivity index (χ1) is 10.4. The minimum Gasteiger partial charge on any atom is -0.493 e. The Morgan fingerprint density at radius 2 is 1.77 bits per heavy atom. The van der Waals surface area contributed by atoms with Crippen LogP contribution in [-0.2, 0) is 12.6 Å². The van der Waals surface area contributed by atoms with Crippen LogP contribution in [0.5, 0.6) is 5.75 Å². The number of benzene rings is 2. The molecule has 0 aliphatic heterocycles. The first kappa shape index (κ1) is 15.8. The molecular weight excluding hydrogens is 299 g/mol. The van der Waals surface area contributed by atoms with Crippen LogP contribution < -0.4 is 4.74 Å². The summed E-state index contributed by atoms with van der Waals surface area (Å²) in [6, 6.07) is 10.5. The summed E-state index contributed by atoms with van der Waals surface area (Å²) < 4.78 is 43.1. The lowest BCUT2D eigenvalue weighted by Gasteiger charge is -2.09. The van der Waals surface area contributed by atoms with Crippen molar-refractivity contribution in [2.75, 3.05) is 6.61 Å². The summed E-state index contributed by atoms with van der Waals surface area (Å²) >= 11 is 0. The first-order valence-corrected chi connectivity index (χ1v) is 6.39. The molecule has 0 radical (unpaired) electrons. The van der Waals surface area contributed by atoms with Crippen molar-refractivity contribution in [3.05, 3.63) is 69.8 Å². The third-order valence-electron chi connectivity index (χ3n) is 2.96. The highest BCUT2D eigenvalue weighted by Gasteiger charge is 2.30. The third kappa shape index (κ3) is 4.21. The van der Waals surface area contributed by atoms with Gasteiger partial charge in [-0.2, -0.15) is 13.2 Å². The van der Waals surface area contributed by atoms with E-state index in [9.17, 15) is 23.3 Å². The van der Waals surface area contributed by atoms with Gasteiger partial charge in [-0.25, -0.2) is 0 Å². The molecule has 0 N–H and O–H groups in total. The van der Waals surface area contributed by atoms with Gasteiger partial charge in [-0.3, -0.25) is 10.1 Å². The summed E-state index contributed by atoms with van der Waals surface area (Å²) in [5.74, 6) is 0.428. The molecule has 2 aromatic carbocycles. The van der Waals surface area contributed by atoms with Crippen molar-refractivity contribution < 1.29 is 22.8 Å². The molecule has 0 fully saturated rings. The minimum atomic E-state index is -4.37. The fourth-order valence-corrected chi connectivity index (χ4v) is 1.85. The van der Waals surface area contributed by atoms with Crippen molar-refractivity contribution in [3.8, 4) is 5.75 Å². The third-order valence-corrected chi connectivity index (χ3v) is 2.96. The van der Waals surface area contributed by atoms with Gasteiger partial charge in [-0.05, 0) is 23.8 Å². The molecule has 2 aromatic rings. The predicted octanol–water partition coefficient (Wildman–Crippen LogP) is 4.24. The standard InChI is InChI=1S/C15H12F3NO3/c16-15(17,18)12-3-1-2-11(10-12)8-9-22-14-6-4-13(5-7-14)19(20)21/h1-7,10H,8-9H2. The first-order valence-electron chi connectivity index (χ1n) is 6.39. The number of halogens is 3. The predicted molar refractivity (Wildman–Crippen MR) is 73.7 cm³/mol. The van der Waals surface area contributed by atoms with Gasteiger partial charge in [0.1, 0.15) is 5.75 Å².